The molecule has 0 spiro atoms. The molecule has 2 aromatic carbocycles. The molecule has 1 aromatic heterocycles. The summed E-state index contributed by atoms with van der Waals surface area (Å²) in [4.78, 5) is 29.7. The van der Waals surface area contributed by atoms with E-state index in [1.165, 1.54) is 6.92 Å². The SMILES string of the molecule is CC(=O)Nc1ccc(C(=O)N(C)Cc2nc3ccccc3s2)cc1. The summed E-state index contributed by atoms with van der Waals surface area (Å²) < 4.78 is 1.12. The van der Waals surface area contributed by atoms with Crippen LogP contribution in [0.4, 0.5) is 5.69 Å². The molecule has 1 heterocycles. The van der Waals surface area contributed by atoms with E-state index in [-0.39, 0.29) is 11.8 Å². The van der Waals surface area contributed by atoms with Gasteiger partial charge >= 0.3 is 0 Å². The number of nitrogens with one attached hydrogen (secondary N) is 1. The van der Waals surface area contributed by atoms with Gasteiger partial charge in [-0.25, -0.2) is 4.98 Å². The Hall–Kier alpha value is -2.73. The van der Waals surface area contributed by atoms with Crippen molar-refractivity contribution in [1.29, 1.82) is 0 Å². The van der Waals surface area contributed by atoms with Crippen LogP contribution >= 0.6 is 11.3 Å². The molecule has 0 bridgehead atoms. The zero-order valence-corrected chi connectivity index (χ0v) is 14.3. The third-order valence-corrected chi connectivity index (χ3v) is 4.53. The van der Waals surface area contributed by atoms with Crippen LogP contribution in [0.5, 0.6) is 0 Å². The van der Waals surface area contributed by atoms with Crippen molar-refractivity contribution in [2.75, 3.05) is 12.4 Å². The maximum absolute atomic E-state index is 12.5. The minimum absolute atomic E-state index is 0.0800. The molecule has 122 valence electrons. The third-order valence-electron chi connectivity index (χ3n) is 3.51. The molecule has 2 amide bonds. The predicted molar refractivity (Wildman–Crippen MR) is 96.2 cm³/mol. The van der Waals surface area contributed by atoms with Crippen LogP contribution in [0.3, 0.4) is 0 Å². The molecular formula is C18H17N3O2S. The van der Waals surface area contributed by atoms with E-state index in [0.717, 1.165) is 15.2 Å². The predicted octanol–water partition coefficient (Wildman–Crippen LogP) is 3.53. The first kappa shape index (κ1) is 16.1. The van der Waals surface area contributed by atoms with Crippen molar-refractivity contribution in [3.63, 3.8) is 0 Å². The largest absolute Gasteiger partial charge is 0.335 e. The molecule has 0 atom stereocenters. The number of rotatable bonds is 4. The summed E-state index contributed by atoms with van der Waals surface area (Å²) in [5, 5.41) is 3.59. The zero-order chi connectivity index (χ0) is 17.1. The molecule has 3 aromatic rings. The van der Waals surface area contributed by atoms with Crippen molar-refractivity contribution < 1.29 is 9.59 Å². The van der Waals surface area contributed by atoms with Crippen LogP contribution in [0, 0.1) is 0 Å². The Bertz CT molecular complexity index is 854. The Balaban J connectivity index is 1.70. The quantitative estimate of drug-likeness (QED) is 0.791. The fourth-order valence-corrected chi connectivity index (χ4v) is 3.40. The summed E-state index contributed by atoms with van der Waals surface area (Å²) in [7, 11) is 1.76. The van der Waals surface area contributed by atoms with Gasteiger partial charge in [0.1, 0.15) is 5.01 Å². The van der Waals surface area contributed by atoms with Crippen molar-refractivity contribution in [3.05, 3.63) is 59.1 Å². The highest BCUT2D eigenvalue weighted by molar-refractivity contribution is 7.18. The Morgan fingerprint density at radius 1 is 1.12 bits per heavy atom. The molecule has 0 aliphatic heterocycles. The number of carbonyl (C=O) groups is 2. The van der Waals surface area contributed by atoms with Gasteiger partial charge in [-0.1, -0.05) is 12.1 Å². The molecule has 24 heavy (non-hydrogen) atoms. The Morgan fingerprint density at radius 2 is 1.83 bits per heavy atom. The summed E-state index contributed by atoms with van der Waals surface area (Å²) in [5.41, 5.74) is 2.21. The van der Waals surface area contributed by atoms with Gasteiger partial charge in [0.15, 0.2) is 0 Å². The summed E-state index contributed by atoms with van der Waals surface area (Å²) in [5.74, 6) is -0.217. The summed E-state index contributed by atoms with van der Waals surface area (Å²) in [6, 6.07) is 14.8. The highest BCUT2D eigenvalue weighted by atomic mass is 32.1. The van der Waals surface area contributed by atoms with E-state index in [2.05, 4.69) is 10.3 Å². The van der Waals surface area contributed by atoms with Crippen molar-refractivity contribution in [2.45, 2.75) is 13.5 Å². The Morgan fingerprint density at radius 3 is 2.50 bits per heavy atom. The second-order valence-corrected chi connectivity index (χ2v) is 6.61. The first-order valence-electron chi connectivity index (χ1n) is 7.50. The number of hydrogen-bond donors (Lipinski definition) is 1. The van der Waals surface area contributed by atoms with Crippen molar-refractivity contribution in [1.82, 2.24) is 9.88 Å². The summed E-state index contributed by atoms with van der Waals surface area (Å²) in [6.45, 7) is 1.91. The van der Waals surface area contributed by atoms with Gasteiger partial charge in [0.05, 0.1) is 16.8 Å². The molecule has 0 unspecified atom stereocenters. The van der Waals surface area contributed by atoms with E-state index in [4.69, 9.17) is 0 Å². The van der Waals surface area contributed by atoms with Crippen LogP contribution in [0.1, 0.15) is 22.3 Å². The standard InChI is InChI=1S/C18H17N3O2S/c1-12(22)19-14-9-7-13(8-10-14)18(23)21(2)11-17-20-15-5-3-4-6-16(15)24-17/h3-10H,11H2,1-2H3,(H,19,22). The van der Waals surface area contributed by atoms with Gasteiger partial charge in [-0.3, -0.25) is 9.59 Å². The normalized spacial score (nSPS) is 10.6. The number of anilines is 1. The average molecular weight is 339 g/mol. The van der Waals surface area contributed by atoms with Gasteiger partial charge < -0.3 is 10.2 Å². The number of carbonyl (C=O) groups excluding carboxylic acids is 2. The van der Waals surface area contributed by atoms with Crippen molar-refractivity contribution in [2.24, 2.45) is 0 Å². The molecule has 0 saturated carbocycles. The second kappa shape index (κ2) is 6.80. The zero-order valence-electron chi connectivity index (χ0n) is 13.4. The lowest BCUT2D eigenvalue weighted by Gasteiger charge is -2.16. The van der Waals surface area contributed by atoms with E-state index >= 15 is 0 Å². The molecule has 0 radical (unpaired) electrons. The third kappa shape index (κ3) is 3.60. The lowest BCUT2D eigenvalue weighted by Crippen LogP contribution is -2.26. The minimum atomic E-state index is -0.137. The molecule has 6 heteroatoms. The molecule has 5 nitrogen and oxygen atoms in total. The van der Waals surface area contributed by atoms with Gasteiger partial charge in [-0.15, -0.1) is 11.3 Å². The van der Waals surface area contributed by atoms with Crippen LogP contribution in [-0.4, -0.2) is 28.7 Å². The van der Waals surface area contributed by atoms with E-state index in [1.54, 1.807) is 47.5 Å². The molecule has 1 N–H and O–H groups in total. The number of amides is 2. The number of fused-ring (bicyclic) bond motifs is 1. The minimum Gasteiger partial charge on any atom is -0.335 e. The van der Waals surface area contributed by atoms with Gasteiger partial charge in [0.2, 0.25) is 5.91 Å². The van der Waals surface area contributed by atoms with Crippen LogP contribution < -0.4 is 5.32 Å². The number of hydrogen-bond acceptors (Lipinski definition) is 4. The number of nitrogens with zero attached hydrogens (tertiary/aromatic N) is 2. The number of benzene rings is 2. The van der Waals surface area contributed by atoms with Gasteiger partial charge in [-0.2, -0.15) is 0 Å². The van der Waals surface area contributed by atoms with E-state index in [9.17, 15) is 9.59 Å². The average Bonchev–Trinajstić information content (AvgIpc) is 2.96. The molecular weight excluding hydrogens is 322 g/mol. The lowest BCUT2D eigenvalue weighted by atomic mass is 10.2. The first-order valence-corrected chi connectivity index (χ1v) is 8.32. The van der Waals surface area contributed by atoms with Crippen LogP contribution in [0.25, 0.3) is 10.2 Å². The van der Waals surface area contributed by atoms with E-state index in [0.29, 0.717) is 17.8 Å². The van der Waals surface area contributed by atoms with Crippen molar-refractivity contribution in [3.8, 4) is 0 Å². The fourth-order valence-electron chi connectivity index (χ4n) is 2.38. The van der Waals surface area contributed by atoms with Crippen LogP contribution in [0.15, 0.2) is 48.5 Å². The number of para-hydroxylation sites is 1. The molecule has 3 rings (SSSR count). The Kier molecular flexibility index (Phi) is 4.57. The summed E-state index contributed by atoms with van der Waals surface area (Å²) >= 11 is 1.59. The van der Waals surface area contributed by atoms with Gasteiger partial charge in [0, 0.05) is 25.2 Å². The van der Waals surface area contributed by atoms with E-state index in [1.807, 2.05) is 24.3 Å². The van der Waals surface area contributed by atoms with Crippen LogP contribution in [0.2, 0.25) is 0 Å². The molecule has 0 fully saturated rings. The lowest BCUT2D eigenvalue weighted by molar-refractivity contribution is -0.114. The smallest absolute Gasteiger partial charge is 0.253 e. The van der Waals surface area contributed by atoms with Gasteiger partial charge in [-0.05, 0) is 36.4 Å². The highest BCUT2D eigenvalue weighted by Gasteiger charge is 2.14. The molecule has 0 saturated heterocycles. The van der Waals surface area contributed by atoms with E-state index < -0.39 is 0 Å². The maximum Gasteiger partial charge on any atom is 0.253 e. The highest BCUT2D eigenvalue weighted by Crippen LogP contribution is 2.23. The maximum atomic E-state index is 12.5. The van der Waals surface area contributed by atoms with Crippen LogP contribution in [-0.2, 0) is 11.3 Å². The van der Waals surface area contributed by atoms with Gasteiger partial charge in [0.25, 0.3) is 5.91 Å². The first-order chi connectivity index (χ1) is 11.5. The fraction of sp³-hybridized carbons (Fsp3) is 0.167. The van der Waals surface area contributed by atoms with Crippen molar-refractivity contribution >= 4 is 39.1 Å². The monoisotopic (exact) mass is 339 g/mol. The second-order valence-electron chi connectivity index (χ2n) is 5.50. The number of thiazole rings is 1. The topological polar surface area (TPSA) is 62.3 Å². The molecule has 0 aliphatic rings. The molecule has 0 aliphatic carbocycles. The summed E-state index contributed by atoms with van der Waals surface area (Å²) in [6.07, 6.45) is 0. The Labute approximate surface area is 143 Å². The number of aromatic nitrogens is 1.